The van der Waals surface area contributed by atoms with Crippen molar-refractivity contribution >= 4 is 34.9 Å². The highest BCUT2D eigenvalue weighted by Crippen LogP contribution is 2.36. The van der Waals surface area contributed by atoms with Gasteiger partial charge in [0.05, 0.1) is 4.90 Å². The smallest absolute Gasteiger partial charge is 0.180 e. The van der Waals surface area contributed by atoms with E-state index < -0.39 is 11.6 Å². The maximum atomic E-state index is 14.0. The minimum absolute atomic E-state index is 0.0333. The highest BCUT2D eigenvalue weighted by atomic mass is 32.2. The fraction of sp³-hybridized carbons (Fsp3) is 0.333. The fourth-order valence-corrected chi connectivity index (χ4v) is 3.88. The summed E-state index contributed by atoms with van der Waals surface area (Å²) in [5.74, 6) is -1.13. The van der Waals surface area contributed by atoms with Crippen LogP contribution in [-0.2, 0) is 6.54 Å². The van der Waals surface area contributed by atoms with E-state index in [0.29, 0.717) is 16.4 Å². The summed E-state index contributed by atoms with van der Waals surface area (Å²) in [6.45, 7) is 3.14. The van der Waals surface area contributed by atoms with E-state index in [1.807, 2.05) is 13.2 Å². The van der Waals surface area contributed by atoms with Crippen molar-refractivity contribution in [2.75, 3.05) is 12.8 Å². The lowest BCUT2D eigenvalue weighted by Gasteiger charge is -2.06. The van der Waals surface area contributed by atoms with Gasteiger partial charge in [-0.1, -0.05) is 41.8 Å². The predicted octanol–water partition coefficient (Wildman–Crippen LogP) is 3.80. The molecule has 0 radical (unpaired) electrons. The molecule has 8 heteroatoms. The summed E-state index contributed by atoms with van der Waals surface area (Å²) in [5.41, 5.74) is 0.591. The van der Waals surface area contributed by atoms with Gasteiger partial charge in [0, 0.05) is 6.54 Å². The highest BCUT2D eigenvalue weighted by Gasteiger charge is 2.15. The predicted molar refractivity (Wildman–Crippen MR) is 79.6 cm³/mol. The Balaban J connectivity index is 2.19. The molecule has 0 aliphatic rings. The minimum Gasteiger partial charge on any atom is -0.313 e. The number of aromatic nitrogens is 2. The summed E-state index contributed by atoms with van der Waals surface area (Å²) in [6, 6.07) is 2.70. The van der Waals surface area contributed by atoms with Crippen LogP contribution in [0.1, 0.15) is 12.5 Å². The van der Waals surface area contributed by atoms with Crippen molar-refractivity contribution in [2.24, 2.45) is 0 Å². The largest absolute Gasteiger partial charge is 0.313 e. The van der Waals surface area contributed by atoms with E-state index in [9.17, 15) is 8.78 Å². The van der Waals surface area contributed by atoms with Crippen LogP contribution in [0.4, 0.5) is 8.78 Å². The van der Waals surface area contributed by atoms with Crippen LogP contribution in [-0.4, -0.2) is 23.0 Å². The SMILES string of the molecule is CCNCc1cc(F)c(Sc2nnc(SC)s2)c(F)c1. The third-order valence-corrected chi connectivity index (χ3v) is 5.43. The normalized spacial score (nSPS) is 11.0. The lowest BCUT2D eigenvalue weighted by Crippen LogP contribution is -2.12. The van der Waals surface area contributed by atoms with E-state index in [-0.39, 0.29) is 4.90 Å². The van der Waals surface area contributed by atoms with Gasteiger partial charge in [-0.25, -0.2) is 8.78 Å². The average molecular weight is 333 g/mol. The van der Waals surface area contributed by atoms with Gasteiger partial charge >= 0.3 is 0 Å². The summed E-state index contributed by atoms with van der Waals surface area (Å²) in [4.78, 5) is -0.0333. The number of hydrogen-bond donors (Lipinski definition) is 1. The van der Waals surface area contributed by atoms with Crippen LogP contribution in [0.15, 0.2) is 25.7 Å². The van der Waals surface area contributed by atoms with Gasteiger partial charge < -0.3 is 5.32 Å². The molecule has 0 amide bonds. The number of thioether (sulfide) groups is 1. The Bertz CT molecular complexity index is 566. The molecule has 0 spiro atoms. The van der Waals surface area contributed by atoms with Crippen molar-refractivity contribution in [3.8, 4) is 0 Å². The van der Waals surface area contributed by atoms with Gasteiger partial charge in [0.15, 0.2) is 8.68 Å². The van der Waals surface area contributed by atoms with Crippen LogP contribution < -0.4 is 5.32 Å². The van der Waals surface area contributed by atoms with Crippen molar-refractivity contribution in [3.63, 3.8) is 0 Å². The zero-order chi connectivity index (χ0) is 14.5. The maximum absolute atomic E-state index is 14.0. The molecule has 0 aliphatic carbocycles. The van der Waals surface area contributed by atoms with Gasteiger partial charge in [-0.05, 0) is 30.5 Å². The molecule has 1 aromatic carbocycles. The van der Waals surface area contributed by atoms with Crippen molar-refractivity contribution in [2.45, 2.75) is 27.0 Å². The fourth-order valence-electron chi connectivity index (χ4n) is 1.49. The molecule has 2 aromatic rings. The molecule has 0 fully saturated rings. The zero-order valence-corrected chi connectivity index (χ0v) is 13.4. The molecule has 0 saturated carbocycles. The number of benzene rings is 1. The Morgan fingerprint density at radius 1 is 1.20 bits per heavy atom. The topological polar surface area (TPSA) is 37.8 Å². The Kier molecular flexibility index (Phi) is 5.76. The quantitative estimate of drug-likeness (QED) is 0.814. The molecule has 1 N–H and O–H groups in total. The van der Waals surface area contributed by atoms with Crippen LogP contribution in [0.25, 0.3) is 0 Å². The maximum Gasteiger partial charge on any atom is 0.180 e. The first-order valence-corrected chi connectivity index (χ1v) is 8.73. The lowest BCUT2D eigenvalue weighted by atomic mass is 10.2. The monoisotopic (exact) mass is 333 g/mol. The van der Waals surface area contributed by atoms with E-state index >= 15 is 0 Å². The molecule has 1 heterocycles. The van der Waals surface area contributed by atoms with E-state index in [1.165, 1.54) is 35.2 Å². The number of nitrogens with zero attached hydrogens (tertiary/aromatic N) is 2. The Morgan fingerprint density at radius 3 is 2.40 bits per heavy atom. The van der Waals surface area contributed by atoms with E-state index in [1.54, 1.807) is 0 Å². The van der Waals surface area contributed by atoms with Crippen molar-refractivity contribution < 1.29 is 8.78 Å². The minimum atomic E-state index is -0.566. The number of nitrogens with one attached hydrogen (secondary N) is 1. The van der Waals surface area contributed by atoms with Crippen LogP contribution in [0.5, 0.6) is 0 Å². The molecule has 0 atom stereocenters. The first kappa shape index (κ1) is 15.7. The summed E-state index contributed by atoms with van der Waals surface area (Å²) >= 11 is 3.75. The van der Waals surface area contributed by atoms with E-state index in [0.717, 1.165) is 22.6 Å². The van der Waals surface area contributed by atoms with Gasteiger partial charge in [0.25, 0.3) is 0 Å². The number of rotatable bonds is 6. The van der Waals surface area contributed by atoms with Crippen LogP contribution in [0, 0.1) is 11.6 Å². The van der Waals surface area contributed by atoms with E-state index in [2.05, 4.69) is 15.5 Å². The van der Waals surface area contributed by atoms with Gasteiger partial charge in [0.1, 0.15) is 11.6 Å². The summed E-state index contributed by atoms with van der Waals surface area (Å²) in [5, 5.41) is 10.8. The Morgan fingerprint density at radius 2 is 1.85 bits per heavy atom. The van der Waals surface area contributed by atoms with E-state index in [4.69, 9.17) is 0 Å². The molecule has 2 rings (SSSR count). The first-order valence-electron chi connectivity index (χ1n) is 5.88. The molecule has 0 aliphatic heterocycles. The zero-order valence-electron chi connectivity index (χ0n) is 10.9. The molecule has 0 saturated heterocycles. The molecule has 20 heavy (non-hydrogen) atoms. The molecule has 0 unspecified atom stereocenters. The van der Waals surface area contributed by atoms with Crippen LogP contribution in [0.2, 0.25) is 0 Å². The molecular weight excluding hydrogens is 320 g/mol. The third-order valence-electron chi connectivity index (χ3n) is 2.39. The van der Waals surface area contributed by atoms with Crippen molar-refractivity contribution in [3.05, 3.63) is 29.3 Å². The highest BCUT2D eigenvalue weighted by molar-refractivity contribution is 8.03. The molecule has 3 nitrogen and oxygen atoms in total. The van der Waals surface area contributed by atoms with Crippen LogP contribution >= 0.6 is 34.9 Å². The second kappa shape index (κ2) is 7.35. The summed E-state index contributed by atoms with van der Waals surface area (Å²) in [6.07, 6.45) is 1.88. The molecular formula is C12H13F2N3S3. The first-order chi connectivity index (χ1) is 9.63. The third kappa shape index (κ3) is 3.91. The lowest BCUT2D eigenvalue weighted by molar-refractivity contribution is 0.535. The molecule has 108 valence electrons. The standard InChI is InChI=1S/C12H13F2N3S3/c1-3-15-6-7-4-8(13)10(9(14)5-7)19-12-17-16-11(18-2)20-12/h4-5,15H,3,6H2,1-2H3. The summed E-state index contributed by atoms with van der Waals surface area (Å²) < 4.78 is 29.3. The molecule has 1 aromatic heterocycles. The van der Waals surface area contributed by atoms with Gasteiger partial charge in [-0.15, -0.1) is 10.2 Å². The number of halogens is 2. The second-order valence-corrected chi connectivity index (χ2v) is 7.10. The van der Waals surface area contributed by atoms with Gasteiger partial charge in [-0.3, -0.25) is 0 Å². The number of hydrogen-bond acceptors (Lipinski definition) is 6. The summed E-state index contributed by atoms with van der Waals surface area (Å²) in [7, 11) is 0. The van der Waals surface area contributed by atoms with Gasteiger partial charge in [-0.2, -0.15) is 0 Å². The average Bonchev–Trinajstić information content (AvgIpc) is 2.88. The van der Waals surface area contributed by atoms with Crippen LogP contribution in [0.3, 0.4) is 0 Å². The Hall–Kier alpha value is -0.700. The second-order valence-electron chi connectivity index (χ2n) is 3.81. The van der Waals surface area contributed by atoms with Crippen molar-refractivity contribution in [1.29, 1.82) is 0 Å². The van der Waals surface area contributed by atoms with Crippen molar-refractivity contribution in [1.82, 2.24) is 15.5 Å². The molecule has 0 bridgehead atoms. The van der Waals surface area contributed by atoms with Gasteiger partial charge in [0.2, 0.25) is 0 Å². The Labute approximate surface area is 128 Å².